The Morgan fingerprint density at radius 3 is 2.70 bits per heavy atom. The van der Waals surface area contributed by atoms with Crippen LogP contribution in [0.15, 0.2) is 0 Å². The van der Waals surface area contributed by atoms with Crippen molar-refractivity contribution in [2.24, 2.45) is 23.5 Å². The second-order valence-corrected chi connectivity index (χ2v) is 6.04. The fourth-order valence-corrected chi connectivity index (χ4v) is 3.63. The minimum absolute atomic E-state index is 0.0618. The lowest BCUT2D eigenvalue weighted by Crippen LogP contribution is -2.45. The number of amides is 1. The number of hydrogen-bond donors (Lipinski definition) is 2. The lowest BCUT2D eigenvalue weighted by Gasteiger charge is -2.27. The quantitative estimate of drug-likeness (QED) is 0.618. The highest BCUT2D eigenvalue weighted by atomic mass is 16.5. The third kappa shape index (κ3) is 3.93. The molecule has 2 bridgehead atoms. The Balaban J connectivity index is 1.53. The van der Waals surface area contributed by atoms with Crippen molar-refractivity contribution in [3.05, 3.63) is 0 Å². The Hall–Kier alpha value is -0.650. The minimum atomic E-state index is 0.0618. The van der Waals surface area contributed by atoms with Gasteiger partial charge < -0.3 is 20.5 Å². The monoisotopic (exact) mass is 284 g/mol. The Morgan fingerprint density at radius 1 is 1.20 bits per heavy atom. The average molecular weight is 284 g/mol. The van der Waals surface area contributed by atoms with Crippen molar-refractivity contribution in [2.75, 3.05) is 33.5 Å². The van der Waals surface area contributed by atoms with E-state index in [0.29, 0.717) is 25.0 Å². The van der Waals surface area contributed by atoms with Crippen molar-refractivity contribution in [1.29, 1.82) is 0 Å². The summed E-state index contributed by atoms with van der Waals surface area (Å²) in [4.78, 5) is 12.2. The maximum absolute atomic E-state index is 12.2. The number of rotatable bonds is 9. The molecule has 2 fully saturated rings. The standard InChI is InChI=1S/C15H28N2O3/c1-19-8-9-20-7-3-2-6-17-15(18)13-11-4-5-12(10-11)14(13)16/h11-14H,2-10,16H2,1H3,(H,17,18). The number of ether oxygens (including phenoxy) is 2. The molecule has 0 saturated heterocycles. The summed E-state index contributed by atoms with van der Waals surface area (Å²) in [5, 5.41) is 3.04. The third-order valence-corrected chi connectivity index (χ3v) is 4.73. The molecule has 0 heterocycles. The molecular weight excluding hydrogens is 256 g/mol. The Kier molecular flexibility index (Phi) is 6.26. The molecule has 1 amide bonds. The molecule has 2 aliphatic carbocycles. The molecule has 0 aromatic carbocycles. The van der Waals surface area contributed by atoms with Gasteiger partial charge in [-0.15, -0.1) is 0 Å². The van der Waals surface area contributed by atoms with Crippen LogP contribution in [0.5, 0.6) is 0 Å². The van der Waals surface area contributed by atoms with Crippen molar-refractivity contribution in [3.8, 4) is 0 Å². The smallest absolute Gasteiger partial charge is 0.224 e. The van der Waals surface area contributed by atoms with Crippen molar-refractivity contribution in [3.63, 3.8) is 0 Å². The molecule has 3 N–H and O–H groups in total. The molecule has 2 saturated carbocycles. The molecule has 0 aromatic heterocycles. The Bertz CT molecular complexity index is 309. The summed E-state index contributed by atoms with van der Waals surface area (Å²) in [6.45, 7) is 2.74. The molecule has 0 aliphatic heterocycles. The van der Waals surface area contributed by atoms with E-state index in [0.717, 1.165) is 32.4 Å². The molecule has 2 aliphatic rings. The lowest BCUT2D eigenvalue weighted by atomic mass is 9.84. The average Bonchev–Trinajstić information content (AvgIpc) is 3.02. The molecule has 5 nitrogen and oxygen atoms in total. The molecule has 0 radical (unpaired) electrons. The maximum atomic E-state index is 12.2. The Labute approximate surface area is 121 Å². The highest BCUT2D eigenvalue weighted by Gasteiger charge is 2.48. The molecule has 0 aromatic rings. The van der Waals surface area contributed by atoms with Crippen LogP contribution < -0.4 is 11.1 Å². The predicted octanol–water partition coefficient (Wildman–Crippen LogP) is 0.919. The van der Waals surface area contributed by atoms with E-state index in [2.05, 4.69) is 5.32 Å². The molecule has 4 atom stereocenters. The van der Waals surface area contributed by atoms with Crippen molar-refractivity contribution in [1.82, 2.24) is 5.32 Å². The second-order valence-electron chi connectivity index (χ2n) is 6.04. The van der Waals surface area contributed by atoms with Gasteiger partial charge in [-0.1, -0.05) is 0 Å². The Morgan fingerprint density at radius 2 is 2.00 bits per heavy atom. The summed E-state index contributed by atoms with van der Waals surface area (Å²) in [6, 6.07) is 0.0890. The van der Waals surface area contributed by atoms with Crippen LogP contribution in [0.4, 0.5) is 0 Å². The van der Waals surface area contributed by atoms with E-state index in [-0.39, 0.29) is 17.9 Å². The normalized spacial score (nSPS) is 31.7. The number of hydrogen-bond acceptors (Lipinski definition) is 4. The van der Waals surface area contributed by atoms with E-state index in [1.165, 1.54) is 12.8 Å². The van der Waals surface area contributed by atoms with Gasteiger partial charge in [0.1, 0.15) is 0 Å². The number of nitrogens with two attached hydrogens (primary N) is 1. The first-order valence-electron chi connectivity index (χ1n) is 7.84. The predicted molar refractivity (Wildman–Crippen MR) is 77.2 cm³/mol. The maximum Gasteiger partial charge on any atom is 0.224 e. The van der Waals surface area contributed by atoms with Gasteiger partial charge in [-0.05, 0) is 43.9 Å². The van der Waals surface area contributed by atoms with Crippen LogP contribution in [0.3, 0.4) is 0 Å². The van der Waals surface area contributed by atoms with Crippen LogP contribution in [-0.2, 0) is 14.3 Å². The highest BCUT2D eigenvalue weighted by molar-refractivity contribution is 5.80. The van der Waals surface area contributed by atoms with Crippen molar-refractivity contribution in [2.45, 2.75) is 38.1 Å². The van der Waals surface area contributed by atoms with Gasteiger partial charge in [0, 0.05) is 26.3 Å². The third-order valence-electron chi connectivity index (χ3n) is 4.73. The summed E-state index contributed by atoms with van der Waals surface area (Å²) < 4.78 is 10.3. The van der Waals surface area contributed by atoms with Gasteiger partial charge >= 0.3 is 0 Å². The molecule has 4 unspecified atom stereocenters. The molecule has 20 heavy (non-hydrogen) atoms. The molecule has 116 valence electrons. The summed E-state index contributed by atoms with van der Waals surface area (Å²) in [5.41, 5.74) is 6.17. The molecular formula is C15H28N2O3. The van der Waals surface area contributed by atoms with Gasteiger partial charge in [0.25, 0.3) is 0 Å². The summed E-state index contributed by atoms with van der Waals surface area (Å²) in [6.07, 6.45) is 5.48. The number of carbonyl (C=O) groups is 1. The number of methoxy groups -OCH3 is 1. The van der Waals surface area contributed by atoms with Crippen molar-refractivity contribution >= 4 is 5.91 Å². The van der Waals surface area contributed by atoms with Gasteiger partial charge in [-0.25, -0.2) is 0 Å². The highest BCUT2D eigenvalue weighted by Crippen LogP contribution is 2.47. The number of nitrogens with one attached hydrogen (secondary N) is 1. The molecule has 2 rings (SSSR count). The summed E-state index contributed by atoms with van der Waals surface area (Å²) >= 11 is 0. The second kappa shape index (κ2) is 7.96. The van der Waals surface area contributed by atoms with Gasteiger partial charge in [0.15, 0.2) is 0 Å². The minimum Gasteiger partial charge on any atom is -0.382 e. The zero-order valence-electron chi connectivity index (χ0n) is 12.5. The van der Waals surface area contributed by atoms with Gasteiger partial charge in [-0.3, -0.25) is 4.79 Å². The zero-order chi connectivity index (χ0) is 14.4. The first-order valence-corrected chi connectivity index (χ1v) is 7.84. The van der Waals surface area contributed by atoms with Gasteiger partial charge in [0.2, 0.25) is 5.91 Å². The van der Waals surface area contributed by atoms with Crippen LogP contribution in [0.2, 0.25) is 0 Å². The first-order chi connectivity index (χ1) is 9.74. The SMILES string of the molecule is COCCOCCCCNC(=O)C1C2CCC(C2)C1N. The summed E-state index contributed by atoms with van der Waals surface area (Å²) in [5.74, 6) is 1.36. The van der Waals surface area contributed by atoms with E-state index in [4.69, 9.17) is 15.2 Å². The lowest BCUT2D eigenvalue weighted by molar-refractivity contribution is -0.127. The topological polar surface area (TPSA) is 73.6 Å². The van der Waals surface area contributed by atoms with E-state index >= 15 is 0 Å². The van der Waals surface area contributed by atoms with Crippen LogP contribution >= 0.6 is 0 Å². The number of carbonyl (C=O) groups excluding carboxylic acids is 1. The van der Waals surface area contributed by atoms with Crippen LogP contribution in [-0.4, -0.2) is 45.4 Å². The summed E-state index contributed by atoms with van der Waals surface area (Å²) in [7, 11) is 1.67. The largest absolute Gasteiger partial charge is 0.382 e. The van der Waals surface area contributed by atoms with E-state index in [1.54, 1.807) is 7.11 Å². The van der Waals surface area contributed by atoms with E-state index in [1.807, 2.05) is 0 Å². The van der Waals surface area contributed by atoms with Crippen molar-refractivity contribution < 1.29 is 14.3 Å². The molecule has 0 spiro atoms. The molecule has 5 heteroatoms. The van der Waals surface area contributed by atoms with E-state index in [9.17, 15) is 4.79 Å². The van der Waals surface area contributed by atoms with Crippen LogP contribution in [0.25, 0.3) is 0 Å². The number of unbranched alkanes of at least 4 members (excludes halogenated alkanes) is 1. The number of fused-ring (bicyclic) bond motifs is 2. The van der Waals surface area contributed by atoms with Crippen LogP contribution in [0, 0.1) is 17.8 Å². The first kappa shape index (κ1) is 15.7. The van der Waals surface area contributed by atoms with Gasteiger partial charge in [-0.2, -0.15) is 0 Å². The fraction of sp³-hybridized carbons (Fsp3) is 0.933. The zero-order valence-corrected chi connectivity index (χ0v) is 12.5. The fourth-order valence-electron chi connectivity index (χ4n) is 3.63. The van der Waals surface area contributed by atoms with E-state index < -0.39 is 0 Å². The van der Waals surface area contributed by atoms with Crippen LogP contribution in [0.1, 0.15) is 32.1 Å². The van der Waals surface area contributed by atoms with Gasteiger partial charge in [0.05, 0.1) is 19.1 Å².